The maximum absolute atomic E-state index is 13.6. The fraction of sp³-hybridized carbons (Fsp3) is 0.172. The van der Waals surface area contributed by atoms with Crippen LogP contribution in [0.1, 0.15) is 16.7 Å². The third-order valence-corrected chi connectivity index (χ3v) is 8.00. The Balaban J connectivity index is 1.48. The van der Waals surface area contributed by atoms with E-state index >= 15 is 0 Å². The normalized spacial score (nSPS) is 14.3. The molecule has 1 aliphatic heterocycles. The van der Waals surface area contributed by atoms with Gasteiger partial charge in [0.2, 0.25) is 5.88 Å². The lowest BCUT2D eigenvalue weighted by Crippen LogP contribution is -2.30. The molecule has 5 rings (SSSR count). The van der Waals surface area contributed by atoms with E-state index in [4.69, 9.17) is 38.0 Å². The Morgan fingerprint density at radius 2 is 1.80 bits per heavy atom. The van der Waals surface area contributed by atoms with Crippen molar-refractivity contribution in [3.05, 3.63) is 97.8 Å². The number of hydrogen-bond acceptors (Lipinski definition) is 8. The summed E-state index contributed by atoms with van der Waals surface area (Å²) in [5, 5.41) is 0.363. The van der Waals surface area contributed by atoms with Gasteiger partial charge < -0.3 is 14.2 Å². The van der Waals surface area contributed by atoms with Crippen molar-refractivity contribution in [1.29, 1.82) is 0 Å². The van der Waals surface area contributed by atoms with Gasteiger partial charge in [-0.05, 0) is 60.9 Å². The predicted octanol–water partition coefficient (Wildman–Crippen LogP) is 5.91. The van der Waals surface area contributed by atoms with Gasteiger partial charge in [0.1, 0.15) is 21.3 Å². The minimum atomic E-state index is -0.383. The first kappa shape index (κ1) is 27.7. The molecule has 2 aromatic carbocycles. The molecule has 0 atom stereocenters. The molecule has 1 aliphatic rings. The number of pyridine rings is 1. The van der Waals surface area contributed by atoms with Crippen LogP contribution in [0.2, 0.25) is 5.02 Å². The van der Waals surface area contributed by atoms with Gasteiger partial charge in [-0.1, -0.05) is 59.8 Å². The zero-order valence-corrected chi connectivity index (χ0v) is 24.2. The third kappa shape index (κ3) is 5.42. The van der Waals surface area contributed by atoms with Crippen molar-refractivity contribution in [3.63, 3.8) is 0 Å². The summed E-state index contributed by atoms with van der Waals surface area (Å²) < 4.78 is 18.5. The monoisotopic (exact) mass is 593 g/mol. The van der Waals surface area contributed by atoms with Crippen LogP contribution in [0.5, 0.6) is 23.1 Å². The van der Waals surface area contributed by atoms with Crippen molar-refractivity contribution in [1.82, 2.24) is 14.3 Å². The predicted molar refractivity (Wildman–Crippen MR) is 161 cm³/mol. The van der Waals surface area contributed by atoms with Gasteiger partial charge in [-0.3, -0.25) is 18.9 Å². The molecule has 0 bridgehead atoms. The second kappa shape index (κ2) is 11.7. The number of hydrogen-bond donors (Lipinski definition) is 0. The molecule has 4 aromatic rings. The van der Waals surface area contributed by atoms with Crippen LogP contribution >= 0.6 is 35.6 Å². The van der Waals surface area contributed by atoms with Crippen molar-refractivity contribution < 1.29 is 19.0 Å². The fourth-order valence-electron chi connectivity index (χ4n) is 4.23. The van der Waals surface area contributed by atoms with Crippen LogP contribution in [0.15, 0.2) is 70.5 Å². The van der Waals surface area contributed by atoms with Crippen molar-refractivity contribution in [3.8, 4) is 23.1 Å². The third-order valence-electron chi connectivity index (χ3n) is 6.31. The van der Waals surface area contributed by atoms with Crippen molar-refractivity contribution in [2.24, 2.45) is 0 Å². The van der Waals surface area contributed by atoms with Gasteiger partial charge >= 0.3 is 0 Å². The molecule has 1 fully saturated rings. The summed E-state index contributed by atoms with van der Waals surface area (Å²) in [5.74, 6) is 1.32. The number of para-hydroxylation sites is 1. The van der Waals surface area contributed by atoms with Gasteiger partial charge in [-0.15, -0.1) is 0 Å². The lowest BCUT2D eigenvalue weighted by molar-refractivity contribution is -0.122. The van der Waals surface area contributed by atoms with Crippen LogP contribution in [0.25, 0.3) is 11.7 Å². The Labute approximate surface area is 245 Å². The first-order valence-electron chi connectivity index (χ1n) is 12.2. The Kier molecular flexibility index (Phi) is 8.11. The number of nitrogens with zero attached hydrogens (tertiary/aromatic N) is 3. The SMILES string of the molecule is COc1ccc(CCN2C(=O)/C(=C\c3c(Oc4ccccc4Cl)nc4c(C)cccn4c3=O)SC2=S)cc1OC. The largest absolute Gasteiger partial charge is 0.493 e. The number of carbonyl (C=O) groups is 1. The Morgan fingerprint density at radius 1 is 1.02 bits per heavy atom. The van der Waals surface area contributed by atoms with Crippen molar-refractivity contribution in [2.45, 2.75) is 13.3 Å². The number of ether oxygens (including phenoxy) is 3. The summed E-state index contributed by atoms with van der Waals surface area (Å²) in [6.07, 6.45) is 3.66. The first-order valence-corrected chi connectivity index (χ1v) is 13.8. The topological polar surface area (TPSA) is 82.4 Å². The quantitative estimate of drug-likeness (QED) is 0.184. The molecule has 1 amide bonds. The number of rotatable bonds is 8. The summed E-state index contributed by atoms with van der Waals surface area (Å²) in [5.41, 5.74) is 1.92. The number of halogens is 1. The van der Waals surface area contributed by atoms with E-state index in [2.05, 4.69) is 4.98 Å². The van der Waals surface area contributed by atoms with Crippen LogP contribution in [-0.4, -0.2) is 45.3 Å². The second-order valence-corrected chi connectivity index (χ2v) is 10.9. The van der Waals surface area contributed by atoms with Crippen LogP contribution in [0.3, 0.4) is 0 Å². The lowest BCUT2D eigenvalue weighted by atomic mass is 10.1. The molecule has 1 saturated heterocycles. The molecule has 0 saturated carbocycles. The van der Waals surface area contributed by atoms with E-state index in [1.165, 1.54) is 15.4 Å². The van der Waals surface area contributed by atoms with Gasteiger partial charge in [-0.25, -0.2) is 0 Å². The first-order chi connectivity index (χ1) is 19.3. The van der Waals surface area contributed by atoms with E-state index < -0.39 is 0 Å². The minimum absolute atomic E-state index is 0.0444. The van der Waals surface area contributed by atoms with Gasteiger partial charge in [0.05, 0.1) is 24.1 Å². The number of benzene rings is 2. The highest BCUT2D eigenvalue weighted by Crippen LogP contribution is 2.36. The summed E-state index contributed by atoms with van der Waals surface area (Å²) in [6.45, 7) is 2.21. The van der Waals surface area contributed by atoms with E-state index in [9.17, 15) is 9.59 Å². The van der Waals surface area contributed by atoms with E-state index in [0.29, 0.717) is 50.1 Å². The molecule has 11 heteroatoms. The molecule has 0 N–H and O–H groups in total. The highest BCUT2D eigenvalue weighted by molar-refractivity contribution is 8.26. The van der Waals surface area contributed by atoms with Gasteiger partial charge in [0.15, 0.2) is 11.5 Å². The van der Waals surface area contributed by atoms with E-state index in [1.54, 1.807) is 50.7 Å². The summed E-state index contributed by atoms with van der Waals surface area (Å²) in [7, 11) is 3.15. The van der Waals surface area contributed by atoms with E-state index in [-0.39, 0.29) is 22.9 Å². The zero-order valence-electron chi connectivity index (χ0n) is 21.8. The summed E-state index contributed by atoms with van der Waals surface area (Å²) in [6, 6.07) is 16.1. The number of fused-ring (bicyclic) bond motifs is 1. The number of aromatic nitrogens is 2. The molecule has 0 radical (unpaired) electrons. The van der Waals surface area contributed by atoms with Crippen molar-refractivity contribution in [2.75, 3.05) is 20.8 Å². The lowest BCUT2D eigenvalue weighted by Gasteiger charge is -2.15. The molecule has 0 aliphatic carbocycles. The molecule has 0 unspecified atom stereocenters. The Morgan fingerprint density at radius 3 is 2.55 bits per heavy atom. The smallest absolute Gasteiger partial charge is 0.269 e. The highest BCUT2D eigenvalue weighted by Gasteiger charge is 2.32. The standard InChI is InChI=1S/C29H24ClN3O5S2/c1-17-7-6-13-32-25(17)31-26(38-21-9-5-4-8-20(21)30)19(27(32)34)16-24-28(35)33(29(39)40-24)14-12-18-10-11-22(36-2)23(15-18)37-3/h4-11,13,15-16H,12,14H2,1-3H3/b24-16+. The Bertz CT molecular complexity index is 1740. The average molecular weight is 594 g/mol. The summed E-state index contributed by atoms with van der Waals surface area (Å²) in [4.78, 5) is 33.5. The zero-order chi connectivity index (χ0) is 28.4. The molecular formula is C29H24ClN3O5S2. The minimum Gasteiger partial charge on any atom is -0.493 e. The van der Waals surface area contributed by atoms with Crippen LogP contribution in [0.4, 0.5) is 0 Å². The maximum Gasteiger partial charge on any atom is 0.269 e. The van der Waals surface area contributed by atoms with Crippen LogP contribution < -0.4 is 19.8 Å². The second-order valence-electron chi connectivity index (χ2n) is 8.83. The molecule has 8 nitrogen and oxygen atoms in total. The van der Waals surface area contributed by atoms with Crippen LogP contribution in [0, 0.1) is 6.92 Å². The van der Waals surface area contributed by atoms with Gasteiger partial charge in [0, 0.05) is 12.7 Å². The number of aryl methyl sites for hydroxylation is 1. The number of methoxy groups -OCH3 is 2. The van der Waals surface area contributed by atoms with Gasteiger partial charge in [0.25, 0.3) is 11.5 Å². The number of thiocarbonyl (C=S) groups is 1. The Hall–Kier alpha value is -3.86. The summed E-state index contributed by atoms with van der Waals surface area (Å²) >= 11 is 13.0. The molecular weight excluding hydrogens is 570 g/mol. The fourth-order valence-corrected chi connectivity index (χ4v) is 5.69. The molecule has 3 heterocycles. The van der Waals surface area contributed by atoms with Crippen LogP contribution in [-0.2, 0) is 11.2 Å². The van der Waals surface area contributed by atoms with E-state index in [1.807, 2.05) is 31.2 Å². The molecule has 40 heavy (non-hydrogen) atoms. The maximum atomic E-state index is 13.6. The number of carbonyl (C=O) groups excluding carboxylic acids is 1. The number of thioether (sulfide) groups is 1. The number of amides is 1. The molecule has 204 valence electrons. The average Bonchev–Trinajstić information content (AvgIpc) is 3.22. The van der Waals surface area contributed by atoms with Crippen molar-refractivity contribution >= 4 is 57.5 Å². The van der Waals surface area contributed by atoms with Gasteiger partial charge in [-0.2, -0.15) is 4.98 Å². The highest BCUT2D eigenvalue weighted by atomic mass is 35.5. The molecule has 0 spiro atoms. The molecule has 2 aromatic heterocycles. The van der Waals surface area contributed by atoms with E-state index in [0.717, 1.165) is 22.9 Å².